The van der Waals surface area contributed by atoms with Crippen molar-refractivity contribution in [1.29, 1.82) is 0 Å². The fourth-order valence-corrected chi connectivity index (χ4v) is 4.98. The number of nitrogens with one attached hydrogen (secondary N) is 1. The Kier molecular flexibility index (Phi) is 5.20. The molecule has 2 heterocycles. The summed E-state index contributed by atoms with van der Waals surface area (Å²) in [4.78, 5) is 12.5. The van der Waals surface area contributed by atoms with Crippen molar-refractivity contribution >= 4 is 5.91 Å². The van der Waals surface area contributed by atoms with Crippen LogP contribution < -0.4 is 5.32 Å². The standard InChI is InChI=1S/C19H19F6N5O4/c20-18(21,22)32-4-3-30-2-1-12(29-30)13(31)26-17-7-16(8-17,9-17)15-28-27-14(33-15)10-5-11(6-10)34-19(23,24)25/h1-2,10-11H,3-9H2,(H,26,31). The number of nitrogens with zero attached hydrogens (tertiary/aromatic N) is 4. The summed E-state index contributed by atoms with van der Waals surface area (Å²) < 4.78 is 87.4. The lowest BCUT2D eigenvalue weighted by molar-refractivity contribution is -0.352. The van der Waals surface area contributed by atoms with Crippen molar-refractivity contribution in [1.82, 2.24) is 25.3 Å². The van der Waals surface area contributed by atoms with E-state index in [1.165, 1.54) is 16.9 Å². The predicted octanol–water partition coefficient (Wildman–Crippen LogP) is 3.19. The van der Waals surface area contributed by atoms with Gasteiger partial charge in [-0.15, -0.1) is 36.5 Å². The minimum Gasteiger partial charge on any atom is -0.424 e. The zero-order valence-corrected chi connectivity index (χ0v) is 17.4. The Hall–Kier alpha value is -2.68. The Morgan fingerprint density at radius 3 is 2.50 bits per heavy atom. The molecule has 186 valence electrons. The number of aromatic nitrogens is 4. The second-order valence-electron chi connectivity index (χ2n) is 9.10. The Labute approximate surface area is 187 Å². The third-order valence-corrected chi connectivity index (χ3v) is 6.51. The number of carbonyl (C=O) groups is 1. The van der Waals surface area contributed by atoms with Crippen LogP contribution in [0, 0.1) is 0 Å². The van der Waals surface area contributed by atoms with Gasteiger partial charge in [-0.3, -0.25) is 19.0 Å². The molecule has 4 aliphatic rings. The van der Waals surface area contributed by atoms with Crippen molar-refractivity contribution < 1.29 is 45.0 Å². The number of hydrogen-bond acceptors (Lipinski definition) is 7. The zero-order valence-electron chi connectivity index (χ0n) is 17.4. The molecule has 1 N–H and O–H groups in total. The van der Waals surface area contributed by atoms with Gasteiger partial charge in [-0.05, 0) is 38.2 Å². The first kappa shape index (κ1) is 23.1. The van der Waals surface area contributed by atoms with Crippen LogP contribution in [0.5, 0.6) is 0 Å². The summed E-state index contributed by atoms with van der Waals surface area (Å²) in [6.07, 6.45) is -6.90. The number of halogens is 6. The van der Waals surface area contributed by atoms with E-state index >= 15 is 0 Å². The van der Waals surface area contributed by atoms with Crippen LogP contribution in [0.3, 0.4) is 0 Å². The van der Waals surface area contributed by atoms with E-state index in [1.54, 1.807) is 0 Å². The van der Waals surface area contributed by atoms with Crippen molar-refractivity contribution in [2.45, 2.75) is 74.3 Å². The molecule has 0 atom stereocenters. The Balaban J connectivity index is 1.09. The second kappa shape index (κ2) is 7.66. The molecule has 0 unspecified atom stereocenters. The lowest BCUT2D eigenvalue weighted by Crippen LogP contribution is -2.76. The van der Waals surface area contributed by atoms with Crippen LogP contribution in [0.25, 0.3) is 0 Å². The highest BCUT2D eigenvalue weighted by Crippen LogP contribution is 2.67. The fourth-order valence-electron chi connectivity index (χ4n) is 4.98. The third kappa shape index (κ3) is 4.50. The lowest BCUT2D eigenvalue weighted by Gasteiger charge is -2.68. The van der Waals surface area contributed by atoms with Gasteiger partial charge in [0, 0.05) is 17.7 Å². The summed E-state index contributed by atoms with van der Waals surface area (Å²) in [5.41, 5.74) is -0.735. The van der Waals surface area contributed by atoms with Crippen molar-refractivity contribution in [3.05, 3.63) is 29.7 Å². The predicted molar refractivity (Wildman–Crippen MR) is 97.2 cm³/mol. The summed E-state index contributed by atoms with van der Waals surface area (Å²) >= 11 is 0. The highest BCUT2D eigenvalue weighted by molar-refractivity contribution is 5.93. The normalized spacial score (nSPS) is 30.3. The second-order valence-corrected chi connectivity index (χ2v) is 9.10. The largest absolute Gasteiger partial charge is 0.522 e. The summed E-state index contributed by atoms with van der Waals surface area (Å²) in [5.74, 6) is -0.0147. The maximum Gasteiger partial charge on any atom is 0.522 e. The van der Waals surface area contributed by atoms with E-state index in [4.69, 9.17) is 4.42 Å². The molecule has 34 heavy (non-hydrogen) atoms. The van der Waals surface area contributed by atoms with Crippen LogP contribution in [0.2, 0.25) is 0 Å². The first-order valence-electron chi connectivity index (χ1n) is 10.5. The van der Waals surface area contributed by atoms with Gasteiger partial charge in [-0.25, -0.2) is 0 Å². The number of hydrogen-bond donors (Lipinski definition) is 1. The quantitative estimate of drug-likeness (QED) is 0.561. The number of carbonyl (C=O) groups excluding carboxylic acids is 1. The fraction of sp³-hybridized carbons (Fsp3) is 0.684. The monoisotopic (exact) mass is 495 g/mol. The molecule has 4 saturated carbocycles. The van der Waals surface area contributed by atoms with Crippen molar-refractivity contribution in [3.63, 3.8) is 0 Å². The van der Waals surface area contributed by atoms with Gasteiger partial charge >= 0.3 is 12.7 Å². The van der Waals surface area contributed by atoms with Crippen LogP contribution in [0.1, 0.15) is 60.3 Å². The van der Waals surface area contributed by atoms with E-state index in [-0.39, 0.29) is 36.4 Å². The Morgan fingerprint density at radius 1 is 1.15 bits per heavy atom. The lowest BCUT2D eigenvalue weighted by atomic mass is 9.39. The maximum atomic E-state index is 12.5. The zero-order chi connectivity index (χ0) is 24.4. The highest BCUT2D eigenvalue weighted by atomic mass is 19.4. The van der Waals surface area contributed by atoms with Crippen LogP contribution in [0.15, 0.2) is 16.7 Å². The van der Waals surface area contributed by atoms with E-state index in [0.29, 0.717) is 31.0 Å². The number of rotatable bonds is 8. The minimum absolute atomic E-state index is 0.0754. The third-order valence-electron chi connectivity index (χ3n) is 6.51. The van der Waals surface area contributed by atoms with E-state index in [0.717, 1.165) is 0 Å². The van der Waals surface area contributed by atoms with Crippen LogP contribution in [-0.4, -0.2) is 56.9 Å². The van der Waals surface area contributed by atoms with Gasteiger partial charge in [0.2, 0.25) is 11.8 Å². The van der Waals surface area contributed by atoms with Crippen LogP contribution >= 0.6 is 0 Å². The first-order chi connectivity index (χ1) is 15.8. The van der Waals surface area contributed by atoms with Gasteiger partial charge < -0.3 is 9.73 Å². The average molecular weight is 495 g/mol. The molecule has 0 spiro atoms. The molecule has 15 heteroatoms. The average Bonchev–Trinajstić information content (AvgIpc) is 3.27. The molecule has 1 amide bonds. The maximum absolute atomic E-state index is 12.5. The topological polar surface area (TPSA) is 104 Å². The summed E-state index contributed by atoms with van der Waals surface area (Å²) in [7, 11) is 0. The first-order valence-corrected chi connectivity index (χ1v) is 10.5. The summed E-state index contributed by atoms with van der Waals surface area (Å²) in [5, 5.41) is 14.9. The Bertz CT molecular complexity index is 1050. The summed E-state index contributed by atoms with van der Waals surface area (Å²) in [6.45, 7) is -0.785. The van der Waals surface area contributed by atoms with Gasteiger partial charge in [0.15, 0.2) is 0 Å². The minimum atomic E-state index is -4.73. The molecule has 9 nitrogen and oxygen atoms in total. The van der Waals surface area contributed by atoms with Crippen LogP contribution in [0.4, 0.5) is 26.3 Å². The van der Waals surface area contributed by atoms with Gasteiger partial charge in [0.25, 0.3) is 5.91 Å². The SMILES string of the molecule is O=C(NC12CC(c3nnc(C4CC(OC(F)(F)F)C4)o3)(C1)C2)c1ccn(CCOC(F)(F)F)n1. The van der Waals surface area contributed by atoms with E-state index < -0.39 is 36.9 Å². The summed E-state index contributed by atoms with van der Waals surface area (Å²) in [6, 6.07) is 1.41. The van der Waals surface area contributed by atoms with Gasteiger partial charge in [-0.1, -0.05) is 0 Å². The number of ether oxygens (including phenoxy) is 2. The van der Waals surface area contributed by atoms with Gasteiger partial charge in [-0.2, -0.15) is 5.10 Å². The molecular formula is C19H19F6N5O4. The number of alkyl halides is 6. The molecule has 2 aromatic rings. The Morgan fingerprint density at radius 2 is 1.85 bits per heavy atom. The van der Waals surface area contributed by atoms with Gasteiger partial charge in [0.05, 0.1) is 24.7 Å². The van der Waals surface area contributed by atoms with E-state index in [2.05, 4.69) is 30.1 Å². The van der Waals surface area contributed by atoms with E-state index in [9.17, 15) is 31.1 Å². The molecule has 4 fully saturated rings. The van der Waals surface area contributed by atoms with Crippen molar-refractivity contribution in [3.8, 4) is 0 Å². The van der Waals surface area contributed by atoms with Crippen molar-refractivity contribution in [2.24, 2.45) is 0 Å². The molecule has 6 rings (SSSR count). The smallest absolute Gasteiger partial charge is 0.424 e. The molecule has 0 saturated heterocycles. The van der Waals surface area contributed by atoms with Gasteiger partial charge in [0.1, 0.15) is 5.69 Å². The molecular weight excluding hydrogens is 476 g/mol. The van der Waals surface area contributed by atoms with Crippen molar-refractivity contribution in [2.75, 3.05) is 6.61 Å². The highest BCUT2D eigenvalue weighted by Gasteiger charge is 2.72. The molecule has 4 aliphatic carbocycles. The van der Waals surface area contributed by atoms with Crippen LogP contribution in [-0.2, 0) is 21.4 Å². The molecule has 2 aromatic heterocycles. The molecule has 0 radical (unpaired) electrons. The molecule has 2 bridgehead atoms. The number of amides is 1. The van der Waals surface area contributed by atoms with E-state index in [1.807, 2.05) is 0 Å². The molecule has 0 aliphatic heterocycles. The molecule has 0 aromatic carbocycles.